The Labute approximate surface area is 174 Å². The molecule has 0 spiro atoms. The molecule has 29 heavy (non-hydrogen) atoms. The molecule has 0 amide bonds. The van der Waals surface area contributed by atoms with E-state index in [4.69, 9.17) is 10.3 Å². The lowest BCUT2D eigenvalue weighted by Crippen LogP contribution is -2.36. The fourth-order valence-electron chi connectivity index (χ4n) is 2.63. The first kappa shape index (κ1) is 24.8. The number of carbonyl (C=O) groups excluding carboxylic acids is 1. The molecule has 0 heterocycles. The Morgan fingerprint density at radius 1 is 1.10 bits per heavy atom. The van der Waals surface area contributed by atoms with Gasteiger partial charge in [0, 0.05) is 6.42 Å². The molecule has 6 heteroatoms. The molecule has 0 bridgehead atoms. The SMILES string of the molecule is C=CC(CC(=O)C(N)C(C)C)Cc1ccccc1.Cc1ccc(S(=O)(=O)O)cc1. The van der Waals surface area contributed by atoms with Gasteiger partial charge >= 0.3 is 0 Å². The van der Waals surface area contributed by atoms with E-state index < -0.39 is 10.1 Å². The second-order valence-corrected chi connectivity index (χ2v) is 8.84. The molecular weight excluding hydrogens is 386 g/mol. The van der Waals surface area contributed by atoms with Crippen LogP contribution >= 0.6 is 0 Å². The number of Topliss-reactive ketones (excluding diaryl/α,β-unsaturated/α-hetero) is 1. The summed E-state index contributed by atoms with van der Waals surface area (Å²) in [5, 5.41) is 0. The van der Waals surface area contributed by atoms with Crippen LogP contribution in [-0.2, 0) is 21.3 Å². The minimum absolute atomic E-state index is 0.0666. The van der Waals surface area contributed by atoms with Crippen LogP contribution in [0, 0.1) is 18.8 Å². The van der Waals surface area contributed by atoms with E-state index in [0.717, 1.165) is 12.0 Å². The minimum atomic E-state index is -4.02. The van der Waals surface area contributed by atoms with Crippen LogP contribution in [-0.4, -0.2) is 24.8 Å². The Hall–Kier alpha value is -2.28. The van der Waals surface area contributed by atoms with Crippen molar-refractivity contribution in [2.24, 2.45) is 17.6 Å². The van der Waals surface area contributed by atoms with Crippen LogP contribution in [0.5, 0.6) is 0 Å². The predicted octanol–water partition coefficient (Wildman–Crippen LogP) is 4.22. The van der Waals surface area contributed by atoms with Crippen molar-refractivity contribution in [3.05, 3.63) is 78.4 Å². The number of aryl methyl sites for hydroxylation is 1. The molecule has 5 nitrogen and oxygen atoms in total. The third kappa shape index (κ3) is 9.17. The van der Waals surface area contributed by atoms with Gasteiger partial charge in [0.2, 0.25) is 0 Å². The first-order chi connectivity index (χ1) is 13.5. The normalized spacial score (nSPS) is 13.2. The van der Waals surface area contributed by atoms with Crippen molar-refractivity contribution in [2.75, 3.05) is 0 Å². The summed E-state index contributed by atoms with van der Waals surface area (Å²) in [6, 6.07) is 15.8. The molecule has 0 radical (unpaired) electrons. The fourth-order valence-corrected chi connectivity index (χ4v) is 3.11. The number of hydrogen-bond acceptors (Lipinski definition) is 4. The van der Waals surface area contributed by atoms with Gasteiger partial charge in [0.15, 0.2) is 0 Å². The number of ketones is 1. The molecular formula is C23H31NO4S. The maximum absolute atomic E-state index is 12.0. The van der Waals surface area contributed by atoms with E-state index in [-0.39, 0.29) is 28.6 Å². The van der Waals surface area contributed by atoms with Gasteiger partial charge in [0.1, 0.15) is 5.78 Å². The molecule has 0 aliphatic carbocycles. The molecule has 2 aromatic rings. The molecule has 2 aromatic carbocycles. The van der Waals surface area contributed by atoms with Crippen molar-refractivity contribution in [3.8, 4) is 0 Å². The van der Waals surface area contributed by atoms with E-state index >= 15 is 0 Å². The Bertz CT molecular complexity index is 875. The topological polar surface area (TPSA) is 97.5 Å². The number of hydrogen-bond donors (Lipinski definition) is 2. The number of allylic oxidation sites excluding steroid dienone is 1. The number of rotatable bonds is 8. The minimum Gasteiger partial charge on any atom is -0.321 e. The van der Waals surface area contributed by atoms with E-state index in [0.29, 0.717) is 6.42 Å². The van der Waals surface area contributed by atoms with Crippen molar-refractivity contribution < 1.29 is 17.8 Å². The van der Waals surface area contributed by atoms with Crippen LogP contribution in [0.2, 0.25) is 0 Å². The highest BCUT2D eigenvalue weighted by molar-refractivity contribution is 7.85. The van der Waals surface area contributed by atoms with Crippen LogP contribution in [0.4, 0.5) is 0 Å². The summed E-state index contributed by atoms with van der Waals surface area (Å²) in [6.07, 6.45) is 3.19. The van der Waals surface area contributed by atoms with E-state index in [1.165, 1.54) is 17.7 Å². The van der Waals surface area contributed by atoms with E-state index in [2.05, 4.69) is 18.7 Å². The van der Waals surface area contributed by atoms with Crippen molar-refractivity contribution in [3.63, 3.8) is 0 Å². The van der Waals surface area contributed by atoms with Gasteiger partial charge in [-0.1, -0.05) is 68.0 Å². The van der Waals surface area contributed by atoms with Crippen LogP contribution in [0.3, 0.4) is 0 Å². The summed E-state index contributed by atoms with van der Waals surface area (Å²) in [6.45, 7) is 9.61. The first-order valence-corrected chi connectivity index (χ1v) is 11.0. The third-order valence-corrected chi connectivity index (χ3v) is 5.41. The third-order valence-electron chi connectivity index (χ3n) is 4.55. The lowest BCUT2D eigenvalue weighted by atomic mass is 9.89. The standard InChI is InChI=1S/C16H23NO.C7H8O3S/c1-4-13(10-14-8-6-5-7-9-14)11-15(18)16(17)12(2)3;1-6-2-4-7(5-3-6)11(8,9)10/h4-9,12-13,16H,1,10-11,17H2,2-3H3;2-5H,1H3,(H,8,9,10). The Balaban J connectivity index is 0.000000326. The quantitative estimate of drug-likeness (QED) is 0.495. The number of carbonyl (C=O) groups is 1. The molecule has 0 saturated carbocycles. The van der Waals surface area contributed by atoms with Crippen molar-refractivity contribution in [2.45, 2.75) is 44.6 Å². The van der Waals surface area contributed by atoms with Crippen molar-refractivity contribution >= 4 is 15.9 Å². The molecule has 2 unspecified atom stereocenters. The van der Waals surface area contributed by atoms with E-state index in [1.54, 1.807) is 12.1 Å². The molecule has 0 aromatic heterocycles. The maximum Gasteiger partial charge on any atom is 0.294 e. The smallest absolute Gasteiger partial charge is 0.294 e. The van der Waals surface area contributed by atoms with Crippen molar-refractivity contribution in [1.82, 2.24) is 0 Å². The number of benzene rings is 2. The number of nitrogens with two attached hydrogens (primary N) is 1. The molecule has 0 aliphatic rings. The van der Waals surface area contributed by atoms with Gasteiger partial charge in [-0.05, 0) is 42.9 Å². The molecule has 2 atom stereocenters. The van der Waals surface area contributed by atoms with Crippen LogP contribution in [0.15, 0.2) is 72.1 Å². The summed E-state index contributed by atoms with van der Waals surface area (Å²) >= 11 is 0. The van der Waals surface area contributed by atoms with Crippen LogP contribution < -0.4 is 5.73 Å². The maximum atomic E-state index is 12.0. The molecule has 3 N–H and O–H groups in total. The fraction of sp³-hybridized carbons (Fsp3) is 0.348. The summed E-state index contributed by atoms with van der Waals surface area (Å²) in [4.78, 5) is 11.9. The van der Waals surface area contributed by atoms with Gasteiger partial charge < -0.3 is 5.73 Å². The van der Waals surface area contributed by atoms with Gasteiger partial charge in [-0.15, -0.1) is 6.58 Å². The van der Waals surface area contributed by atoms with Crippen molar-refractivity contribution in [1.29, 1.82) is 0 Å². The Morgan fingerprint density at radius 3 is 2.10 bits per heavy atom. The zero-order chi connectivity index (χ0) is 22.0. The average molecular weight is 418 g/mol. The molecule has 0 saturated heterocycles. The average Bonchev–Trinajstić information content (AvgIpc) is 2.67. The molecule has 2 rings (SSSR count). The van der Waals surface area contributed by atoms with E-state index in [9.17, 15) is 13.2 Å². The Kier molecular flexibility index (Phi) is 9.95. The largest absolute Gasteiger partial charge is 0.321 e. The highest BCUT2D eigenvalue weighted by Gasteiger charge is 2.20. The lowest BCUT2D eigenvalue weighted by Gasteiger charge is -2.18. The van der Waals surface area contributed by atoms with Gasteiger partial charge in [-0.3, -0.25) is 9.35 Å². The first-order valence-electron chi connectivity index (χ1n) is 9.53. The zero-order valence-electron chi connectivity index (χ0n) is 17.3. The summed E-state index contributed by atoms with van der Waals surface area (Å²) in [7, 11) is -4.02. The summed E-state index contributed by atoms with van der Waals surface area (Å²) in [5.41, 5.74) is 8.06. The van der Waals surface area contributed by atoms with Gasteiger partial charge in [0.05, 0.1) is 10.9 Å². The summed E-state index contributed by atoms with van der Waals surface area (Å²) < 4.78 is 29.6. The molecule has 158 valence electrons. The predicted molar refractivity (Wildman–Crippen MR) is 117 cm³/mol. The monoisotopic (exact) mass is 417 g/mol. The second-order valence-electron chi connectivity index (χ2n) is 7.41. The van der Waals surface area contributed by atoms with Gasteiger partial charge in [-0.2, -0.15) is 8.42 Å². The lowest BCUT2D eigenvalue weighted by molar-refractivity contribution is -0.121. The highest BCUT2D eigenvalue weighted by Crippen LogP contribution is 2.16. The molecule has 0 fully saturated rings. The van der Waals surface area contributed by atoms with Gasteiger partial charge in [-0.25, -0.2) is 0 Å². The van der Waals surface area contributed by atoms with Gasteiger partial charge in [0.25, 0.3) is 10.1 Å². The molecule has 0 aliphatic heterocycles. The zero-order valence-corrected chi connectivity index (χ0v) is 18.1. The van der Waals surface area contributed by atoms with Crippen LogP contribution in [0.25, 0.3) is 0 Å². The van der Waals surface area contributed by atoms with E-state index in [1.807, 2.05) is 45.0 Å². The second kappa shape index (κ2) is 11.7. The Morgan fingerprint density at radius 2 is 1.66 bits per heavy atom. The van der Waals surface area contributed by atoms with Crippen LogP contribution in [0.1, 0.15) is 31.4 Å². The summed E-state index contributed by atoms with van der Waals surface area (Å²) in [5.74, 6) is 0.496. The highest BCUT2D eigenvalue weighted by atomic mass is 32.2.